The number of alkyl halides is 2. The summed E-state index contributed by atoms with van der Waals surface area (Å²) < 4.78 is 49.3. The number of carbonyl (C=O) groups excluding carboxylic acids is 2. The van der Waals surface area contributed by atoms with E-state index >= 15 is 0 Å². The van der Waals surface area contributed by atoms with Crippen LogP contribution < -0.4 is 10.6 Å². The average Bonchev–Trinajstić information content (AvgIpc) is 2.68. The number of benzene rings is 1. The van der Waals surface area contributed by atoms with Gasteiger partial charge in [0.15, 0.2) is 0 Å². The first kappa shape index (κ1) is 24.2. The van der Waals surface area contributed by atoms with E-state index in [1.165, 1.54) is 18.2 Å². The highest BCUT2D eigenvalue weighted by atomic mass is 32.2. The maximum atomic E-state index is 12.9. The molecule has 0 aromatic heterocycles. The molecule has 10 heteroatoms. The highest BCUT2D eigenvalue weighted by Crippen LogP contribution is 2.26. The van der Waals surface area contributed by atoms with Gasteiger partial charge in [-0.1, -0.05) is 26.0 Å². The molecule has 1 atom stereocenters. The lowest BCUT2D eigenvalue weighted by atomic mass is 9.95. The van der Waals surface area contributed by atoms with Crippen molar-refractivity contribution in [3.05, 3.63) is 24.3 Å². The molecule has 7 nitrogen and oxygen atoms in total. The molecule has 1 saturated heterocycles. The van der Waals surface area contributed by atoms with Crippen molar-refractivity contribution in [2.24, 2.45) is 11.8 Å². The molecule has 2 rings (SSSR count). The van der Waals surface area contributed by atoms with Crippen LogP contribution in [0.25, 0.3) is 0 Å². The van der Waals surface area contributed by atoms with E-state index in [1.807, 2.05) is 25.7 Å². The van der Waals surface area contributed by atoms with Gasteiger partial charge in [-0.3, -0.25) is 14.5 Å². The van der Waals surface area contributed by atoms with Gasteiger partial charge in [-0.05, 0) is 50.9 Å². The zero-order valence-electron chi connectivity index (χ0n) is 17.4. The van der Waals surface area contributed by atoms with Crippen molar-refractivity contribution in [2.75, 3.05) is 25.0 Å². The van der Waals surface area contributed by atoms with E-state index in [0.29, 0.717) is 31.8 Å². The summed E-state index contributed by atoms with van der Waals surface area (Å²) in [5.74, 6) is -3.81. The van der Waals surface area contributed by atoms with Crippen molar-refractivity contribution in [3.8, 4) is 0 Å². The zero-order valence-corrected chi connectivity index (χ0v) is 18.2. The minimum absolute atomic E-state index is 0.0141. The molecular weight excluding hydrogens is 416 g/mol. The number of hydrogen-bond acceptors (Lipinski definition) is 5. The number of nitrogens with one attached hydrogen (secondary N) is 2. The maximum absolute atomic E-state index is 12.9. The number of anilines is 1. The molecule has 2 amide bonds. The first-order chi connectivity index (χ1) is 14.0. The number of piperidine rings is 1. The third-order valence-electron chi connectivity index (χ3n) is 5.40. The van der Waals surface area contributed by atoms with Crippen molar-refractivity contribution in [1.82, 2.24) is 10.2 Å². The first-order valence-electron chi connectivity index (χ1n) is 9.96. The predicted octanol–water partition coefficient (Wildman–Crippen LogP) is 2.49. The van der Waals surface area contributed by atoms with Gasteiger partial charge in [0.1, 0.15) is 0 Å². The van der Waals surface area contributed by atoms with Crippen LogP contribution in [0.5, 0.6) is 0 Å². The molecule has 1 aromatic carbocycles. The van der Waals surface area contributed by atoms with Gasteiger partial charge < -0.3 is 10.6 Å². The number of para-hydroxylation sites is 1. The smallest absolute Gasteiger partial charge is 0.341 e. The van der Waals surface area contributed by atoms with Crippen LogP contribution in [0.3, 0.4) is 0 Å². The zero-order chi connectivity index (χ0) is 22.5. The number of likely N-dealkylation sites (tertiary alicyclic amines) is 1. The molecule has 1 aliphatic heterocycles. The summed E-state index contributed by atoms with van der Waals surface area (Å²) >= 11 is 0. The standard InChI is InChI=1S/C20H29F2N3O4S/c1-13(2)14(3)23-19(27)15-8-10-25(11-9-15)12-18(26)24-16-6-4-5-7-17(16)30(28,29)20(21)22/h4-7,13-15,20H,8-12H2,1-3H3,(H,23,27)(H,24,26). The molecule has 1 aliphatic rings. The fourth-order valence-electron chi connectivity index (χ4n) is 3.17. The number of sulfone groups is 1. The number of amides is 2. The Bertz CT molecular complexity index is 853. The van der Waals surface area contributed by atoms with Crippen molar-refractivity contribution < 1.29 is 26.8 Å². The minimum Gasteiger partial charge on any atom is -0.353 e. The Balaban J connectivity index is 1.90. The average molecular weight is 446 g/mol. The third kappa shape index (κ3) is 6.21. The van der Waals surface area contributed by atoms with Crippen molar-refractivity contribution >= 4 is 27.3 Å². The topological polar surface area (TPSA) is 95.6 Å². The van der Waals surface area contributed by atoms with Gasteiger partial charge in [-0.15, -0.1) is 0 Å². The lowest BCUT2D eigenvalue weighted by Gasteiger charge is -2.31. The fraction of sp³-hybridized carbons (Fsp3) is 0.600. The molecule has 1 unspecified atom stereocenters. The van der Waals surface area contributed by atoms with Crippen molar-refractivity contribution in [3.63, 3.8) is 0 Å². The monoisotopic (exact) mass is 445 g/mol. The number of halogens is 2. The van der Waals surface area contributed by atoms with Gasteiger partial charge in [0.05, 0.1) is 17.1 Å². The largest absolute Gasteiger partial charge is 0.353 e. The summed E-state index contributed by atoms with van der Waals surface area (Å²) in [6.07, 6.45) is 1.22. The van der Waals surface area contributed by atoms with E-state index in [-0.39, 0.29) is 30.1 Å². The molecule has 0 spiro atoms. The molecule has 1 heterocycles. The van der Waals surface area contributed by atoms with Gasteiger partial charge in [0.25, 0.3) is 0 Å². The maximum Gasteiger partial charge on any atom is 0.341 e. The lowest BCUT2D eigenvalue weighted by molar-refractivity contribution is -0.127. The van der Waals surface area contributed by atoms with Crippen LogP contribution in [-0.4, -0.2) is 56.6 Å². The molecule has 1 aromatic rings. The van der Waals surface area contributed by atoms with Crippen LogP contribution in [0, 0.1) is 11.8 Å². The Morgan fingerprint density at radius 1 is 1.13 bits per heavy atom. The number of rotatable bonds is 8. The number of hydrogen-bond donors (Lipinski definition) is 2. The molecule has 1 fully saturated rings. The summed E-state index contributed by atoms with van der Waals surface area (Å²) in [4.78, 5) is 25.9. The third-order valence-corrected chi connectivity index (χ3v) is 6.84. The second kappa shape index (κ2) is 10.3. The van der Waals surface area contributed by atoms with Crippen LogP contribution in [0.2, 0.25) is 0 Å². The molecular formula is C20H29F2N3O4S. The molecule has 0 aliphatic carbocycles. The van der Waals surface area contributed by atoms with E-state index in [1.54, 1.807) is 0 Å². The van der Waals surface area contributed by atoms with E-state index in [2.05, 4.69) is 10.6 Å². The Kier molecular flexibility index (Phi) is 8.31. The first-order valence-corrected chi connectivity index (χ1v) is 11.5. The lowest BCUT2D eigenvalue weighted by Crippen LogP contribution is -2.45. The van der Waals surface area contributed by atoms with Crippen molar-refractivity contribution in [1.29, 1.82) is 0 Å². The van der Waals surface area contributed by atoms with E-state index < -0.39 is 26.4 Å². The van der Waals surface area contributed by atoms with Gasteiger partial charge in [0, 0.05) is 12.0 Å². The highest BCUT2D eigenvalue weighted by Gasteiger charge is 2.30. The van der Waals surface area contributed by atoms with Crippen LogP contribution in [0.4, 0.5) is 14.5 Å². The van der Waals surface area contributed by atoms with E-state index in [0.717, 1.165) is 6.07 Å². The van der Waals surface area contributed by atoms with Crippen LogP contribution in [-0.2, 0) is 19.4 Å². The fourth-order valence-corrected chi connectivity index (χ4v) is 4.05. The minimum atomic E-state index is -4.83. The van der Waals surface area contributed by atoms with Gasteiger partial charge in [0.2, 0.25) is 21.7 Å². The van der Waals surface area contributed by atoms with E-state index in [4.69, 9.17) is 0 Å². The molecule has 2 N–H and O–H groups in total. The normalized spacial score (nSPS) is 17.2. The summed E-state index contributed by atoms with van der Waals surface area (Å²) in [5, 5.41) is 5.43. The Morgan fingerprint density at radius 2 is 1.73 bits per heavy atom. The highest BCUT2D eigenvalue weighted by molar-refractivity contribution is 7.91. The number of carbonyl (C=O) groups is 2. The summed E-state index contributed by atoms with van der Waals surface area (Å²) in [6.45, 7) is 7.11. The summed E-state index contributed by atoms with van der Waals surface area (Å²) in [6, 6.07) is 5.19. The second-order valence-corrected chi connectivity index (χ2v) is 9.83. The molecule has 30 heavy (non-hydrogen) atoms. The molecule has 0 bridgehead atoms. The van der Waals surface area contributed by atoms with Crippen LogP contribution in [0.1, 0.15) is 33.6 Å². The second-order valence-electron chi connectivity index (χ2n) is 7.94. The Labute approximate surface area is 176 Å². The molecule has 0 saturated carbocycles. The summed E-state index contributed by atoms with van der Waals surface area (Å²) in [5.41, 5.74) is -0.167. The summed E-state index contributed by atoms with van der Waals surface area (Å²) in [7, 11) is -4.83. The van der Waals surface area contributed by atoms with E-state index in [9.17, 15) is 26.8 Å². The van der Waals surface area contributed by atoms with Crippen molar-refractivity contribution in [2.45, 2.75) is 50.3 Å². The van der Waals surface area contributed by atoms with Gasteiger partial charge in [-0.2, -0.15) is 8.78 Å². The quantitative estimate of drug-likeness (QED) is 0.641. The Hall–Kier alpha value is -2.07. The van der Waals surface area contributed by atoms with Crippen LogP contribution >= 0.6 is 0 Å². The molecule has 0 radical (unpaired) electrons. The molecule has 168 valence electrons. The Morgan fingerprint density at radius 3 is 2.30 bits per heavy atom. The number of nitrogens with zero attached hydrogens (tertiary/aromatic N) is 1. The SMILES string of the molecule is CC(C)C(C)NC(=O)C1CCN(CC(=O)Nc2ccccc2S(=O)(=O)C(F)F)CC1. The van der Waals surface area contributed by atoms with Crippen LogP contribution in [0.15, 0.2) is 29.2 Å². The van der Waals surface area contributed by atoms with Gasteiger partial charge in [-0.25, -0.2) is 8.42 Å². The van der Waals surface area contributed by atoms with Gasteiger partial charge >= 0.3 is 5.76 Å². The predicted molar refractivity (Wildman–Crippen MR) is 110 cm³/mol.